The SMILES string of the molecule is COC(=O)c1cccc2[nH]c(CCc3cccnc3)nc12. The van der Waals surface area contributed by atoms with Crippen molar-refractivity contribution in [2.24, 2.45) is 0 Å². The summed E-state index contributed by atoms with van der Waals surface area (Å²) in [7, 11) is 1.37. The van der Waals surface area contributed by atoms with Crippen LogP contribution in [-0.4, -0.2) is 28.0 Å². The number of ether oxygens (including phenoxy) is 1. The van der Waals surface area contributed by atoms with Crippen molar-refractivity contribution < 1.29 is 9.53 Å². The number of methoxy groups -OCH3 is 1. The maximum atomic E-state index is 11.7. The third-order valence-corrected chi connectivity index (χ3v) is 3.34. The van der Waals surface area contributed by atoms with E-state index in [1.807, 2.05) is 30.5 Å². The predicted octanol–water partition coefficient (Wildman–Crippen LogP) is 2.53. The topological polar surface area (TPSA) is 67.9 Å². The van der Waals surface area contributed by atoms with Crippen molar-refractivity contribution in [1.82, 2.24) is 15.0 Å². The smallest absolute Gasteiger partial charge is 0.340 e. The van der Waals surface area contributed by atoms with Crippen LogP contribution in [0, 0.1) is 0 Å². The summed E-state index contributed by atoms with van der Waals surface area (Å²) in [4.78, 5) is 23.6. The number of esters is 1. The summed E-state index contributed by atoms with van der Waals surface area (Å²) in [5, 5.41) is 0. The molecule has 0 aliphatic heterocycles. The largest absolute Gasteiger partial charge is 0.465 e. The molecule has 1 N–H and O–H groups in total. The van der Waals surface area contributed by atoms with E-state index < -0.39 is 0 Å². The predicted molar refractivity (Wildman–Crippen MR) is 79.1 cm³/mol. The molecule has 0 atom stereocenters. The van der Waals surface area contributed by atoms with Crippen LogP contribution < -0.4 is 0 Å². The molecule has 0 aliphatic carbocycles. The van der Waals surface area contributed by atoms with Gasteiger partial charge in [-0.2, -0.15) is 0 Å². The Labute approximate surface area is 122 Å². The molecule has 2 aromatic heterocycles. The minimum atomic E-state index is -0.370. The molecule has 0 aliphatic rings. The second-order valence-corrected chi connectivity index (χ2v) is 4.74. The zero-order valence-electron chi connectivity index (χ0n) is 11.7. The van der Waals surface area contributed by atoms with Gasteiger partial charge in [0.15, 0.2) is 0 Å². The number of nitrogens with zero attached hydrogens (tertiary/aromatic N) is 2. The first kappa shape index (κ1) is 13.3. The number of fused-ring (bicyclic) bond motifs is 1. The van der Waals surface area contributed by atoms with Crippen molar-refractivity contribution in [1.29, 1.82) is 0 Å². The lowest BCUT2D eigenvalue weighted by atomic mass is 10.1. The summed E-state index contributed by atoms with van der Waals surface area (Å²) in [6.07, 6.45) is 5.22. The molecule has 0 amide bonds. The molecule has 0 unspecified atom stereocenters. The Balaban J connectivity index is 1.86. The second-order valence-electron chi connectivity index (χ2n) is 4.74. The third-order valence-electron chi connectivity index (χ3n) is 3.34. The van der Waals surface area contributed by atoms with Gasteiger partial charge in [-0.3, -0.25) is 4.98 Å². The van der Waals surface area contributed by atoms with Crippen LogP contribution in [0.4, 0.5) is 0 Å². The Hall–Kier alpha value is -2.69. The molecule has 0 bridgehead atoms. The molecule has 0 spiro atoms. The number of rotatable bonds is 4. The van der Waals surface area contributed by atoms with E-state index in [4.69, 9.17) is 4.74 Å². The molecule has 3 aromatic rings. The minimum absolute atomic E-state index is 0.370. The number of para-hydroxylation sites is 1. The fourth-order valence-electron chi connectivity index (χ4n) is 2.29. The van der Waals surface area contributed by atoms with Crippen molar-refractivity contribution in [2.75, 3.05) is 7.11 Å². The average molecular weight is 281 g/mol. The highest BCUT2D eigenvalue weighted by atomic mass is 16.5. The second kappa shape index (κ2) is 5.75. The van der Waals surface area contributed by atoms with Crippen LogP contribution in [0.5, 0.6) is 0 Å². The van der Waals surface area contributed by atoms with E-state index in [-0.39, 0.29) is 5.97 Å². The fourth-order valence-corrected chi connectivity index (χ4v) is 2.29. The van der Waals surface area contributed by atoms with Crippen LogP contribution in [0.25, 0.3) is 11.0 Å². The number of aromatic nitrogens is 3. The van der Waals surface area contributed by atoms with E-state index in [0.717, 1.165) is 29.7 Å². The van der Waals surface area contributed by atoms with E-state index >= 15 is 0 Å². The standard InChI is InChI=1S/C16H15N3O2/c1-21-16(20)12-5-2-6-13-15(12)19-14(18-13)8-7-11-4-3-9-17-10-11/h2-6,9-10H,7-8H2,1H3,(H,18,19). The van der Waals surface area contributed by atoms with Crippen molar-refractivity contribution in [3.05, 3.63) is 59.7 Å². The highest BCUT2D eigenvalue weighted by molar-refractivity contribution is 6.01. The van der Waals surface area contributed by atoms with Crippen LogP contribution in [0.1, 0.15) is 21.7 Å². The van der Waals surface area contributed by atoms with E-state index in [1.165, 1.54) is 7.11 Å². The lowest BCUT2D eigenvalue weighted by Gasteiger charge is -1.98. The number of carbonyl (C=O) groups excluding carboxylic acids is 1. The summed E-state index contributed by atoms with van der Waals surface area (Å²) >= 11 is 0. The van der Waals surface area contributed by atoms with Crippen molar-refractivity contribution in [2.45, 2.75) is 12.8 Å². The number of imidazole rings is 1. The van der Waals surface area contributed by atoms with Gasteiger partial charge in [0.25, 0.3) is 0 Å². The number of carbonyl (C=O) groups is 1. The molecule has 0 saturated heterocycles. The monoisotopic (exact) mass is 281 g/mol. The van der Waals surface area contributed by atoms with Crippen LogP contribution >= 0.6 is 0 Å². The first-order chi connectivity index (χ1) is 10.3. The van der Waals surface area contributed by atoms with Gasteiger partial charge in [-0.05, 0) is 30.2 Å². The molecule has 1 aromatic carbocycles. The van der Waals surface area contributed by atoms with Gasteiger partial charge in [0, 0.05) is 18.8 Å². The Bertz CT molecular complexity index is 766. The van der Waals surface area contributed by atoms with E-state index in [2.05, 4.69) is 15.0 Å². The lowest BCUT2D eigenvalue weighted by Crippen LogP contribution is -2.01. The van der Waals surface area contributed by atoms with Gasteiger partial charge >= 0.3 is 5.97 Å². The van der Waals surface area contributed by atoms with Gasteiger partial charge < -0.3 is 9.72 Å². The molecule has 3 rings (SSSR count). The fraction of sp³-hybridized carbons (Fsp3) is 0.188. The maximum Gasteiger partial charge on any atom is 0.340 e. The highest BCUT2D eigenvalue weighted by Gasteiger charge is 2.13. The zero-order valence-corrected chi connectivity index (χ0v) is 11.7. The van der Waals surface area contributed by atoms with Gasteiger partial charge in [0.1, 0.15) is 11.3 Å². The Morgan fingerprint density at radius 2 is 2.14 bits per heavy atom. The van der Waals surface area contributed by atoms with Crippen LogP contribution in [0.2, 0.25) is 0 Å². The van der Waals surface area contributed by atoms with Crippen LogP contribution in [-0.2, 0) is 17.6 Å². The molecule has 5 heteroatoms. The van der Waals surface area contributed by atoms with Crippen molar-refractivity contribution >= 4 is 17.0 Å². The summed E-state index contributed by atoms with van der Waals surface area (Å²) in [6, 6.07) is 9.40. The first-order valence-electron chi connectivity index (χ1n) is 6.73. The van der Waals surface area contributed by atoms with E-state index in [0.29, 0.717) is 11.1 Å². The van der Waals surface area contributed by atoms with Gasteiger partial charge in [0.05, 0.1) is 18.2 Å². The van der Waals surface area contributed by atoms with E-state index in [1.54, 1.807) is 12.3 Å². The molecule has 2 heterocycles. The Morgan fingerprint density at radius 3 is 2.90 bits per heavy atom. The van der Waals surface area contributed by atoms with Crippen LogP contribution in [0.15, 0.2) is 42.7 Å². The quantitative estimate of drug-likeness (QED) is 0.746. The zero-order chi connectivity index (χ0) is 14.7. The van der Waals surface area contributed by atoms with Crippen molar-refractivity contribution in [3.8, 4) is 0 Å². The maximum absolute atomic E-state index is 11.7. The number of hydrogen-bond acceptors (Lipinski definition) is 4. The Morgan fingerprint density at radius 1 is 1.24 bits per heavy atom. The third kappa shape index (κ3) is 2.76. The van der Waals surface area contributed by atoms with Gasteiger partial charge in [-0.15, -0.1) is 0 Å². The van der Waals surface area contributed by atoms with Crippen molar-refractivity contribution in [3.63, 3.8) is 0 Å². The number of H-pyrrole nitrogens is 1. The number of aromatic amines is 1. The number of pyridine rings is 1. The summed E-state index contributed by atoms with van der Waals surface area (Å²) < 4.78 is 4.78. The Kier molecular flexibility index (Phi) is 3.64. The van der Waals surface area contributed by atoms with E-state index in [9.17, 15) is 4.79 Å². The molecular formula is C16H15N3O2. The number of hydrogen-bond donors (Lipinski definition) is 1. The highest BCUT2D eigenvalue weighted by Crippen LogP contribution is 2.18. The molecular weight excluding hydrogens is 266 g/mol. The number of benzene rings is 1. The molecule has 5 nitrogen and oxygen atoms in total. The molecule has 0 saturated carbocycles. The summed E-state index contributed by atoms with van der Waals surface area (Å²) in [6.45, 7) is 0. The summed E-state index contributed by atoms with van der Waals surface area (Å²) in [5.74, 6) is 0.483. The minimum Gasteiger partial charge on any atom is -0.465 e. The lowest BCUT2D eigenvalue weighted by molar-refractivity contribution is 0.0603. The first-order valence-corrected chi connectivity index (χ1v) is 6.73. The number of nitrogens with one attached hydrogen (secondary N) is 1. The van der Waals surface area contributed by atoms with Gasteiger partial charge in [-0.25, -0.2) is 9.78 Å². The van der Waals surface area contributed by atoms with Crippen LogP contribution in [0.3, 0.4) is 0 Å². The van der Waals surface area contributed by atoms with Gasteiger partial charge in [0.2, 0.25) is 0 Å². The number of aryl methyl sites for hydroxylation is 2. The molecule has 0 radical (unpaired) electrons. The molecule has 106 valence electrons. The van der Waals surface area contributed by atoms with Gasteiger partial charge in [-0.1, -0.05) is 12.1 Å². The summed E-state index contributed by atoms with van der Waals surface area (Å²) in [5.41, 5.74) is 3.15. The average Bonchev–Trinajstić information content (AvgIpc) is 2.96. The molecule has 21 heavy (non-hydrogen) atoms. The molecule has 0 fully saturated rings. The normalized spacial score (nSPS) is 10.7.